The molecule has 2 heterocycles. The Bertz CT molecular complexity index is 638. The molecule has 2 rings (SSSR count). The summed E-state index contributed by atoms with van der Waals surface area (Å²) in [7, 11) is -7.56. The van der Waals surface area contributed by atoms with Gasteiger partial charge in [0.1, 0.15) is 8.42 Å². The van der Waals surface area contributed by atoms with Gasteiger partial charge >= 0.3 is 0 Å². The molecule has 0 radical (unpaired) electrons. The molecule has 15 heavy (non-hydrogen) atoms. The van der Waals surface area contributed by atoms with E-state index in [1.165, 1.54) is 12.3 Å². The third-order valence-electron chi connectivity index (χ3n) is 1.79. The van der Waals surface area contributed by atoms with Crippen LogP contribution in [0.1, 0.15) is 5.56 Å². The number of nitrogens with zero attached hydrogens (tertiary/aromatic N) is 1. The second-order valence-corrected chi connectivity index (χ2v) is 7.56. The lowest BCUT2D eigenvalue weighted by atomic mass is 10.3. The number of sulfonamides is 2. The minimum absolute atomic E-state index is 0.0333. The second kappa shape index (κ2) is 3.11. The van der Waals surface area contributed by atoms with E-state index in [1.807, 2.05) is 0 Å². The van der Waals surface area contributed by atoms with Crippen LogP contribution < -0.4 is 5.14 Å². The zero-order valence-electron chi connectivity index (χ0n) is 7.24. The van der Waals surface area contributed by atoms with Crippen LogP contribution in [0.15, 0.2) is 18.9 Å². The molecule has 0 aromatic carbocycles. The van der Waals surface area contributed by atoms with Gasteiger partial charge in [-0.1, -0.05) is 0 Å². The Labute approximate surface area is 90.6 Å². The van der Waals surface area contributed by atoms with E-state index in [-0.39, 0.29) is 8.42 Å². The summed E-state index contributed by atoms with van der Waals surface area (Å²) >= 11 is 0.635. The lowest BCUT2D eigenvalue weighted by molar-refractivity contribution is 0.597. The number of fused-ring (bicyclic) bond motifs is 1. The van der Waals surface area contributed by atoms with Gasteiger partial charge in [0.15, 0.2) is 0 Å². The molecule has 0 fully saturated rings. The molecule has 1 aromatic heterocycles. The molecule has 0 atom stereocenters. The van der Waals surface area contributed by atoms with Crippen LogP contribution in [-0.2, 0) is 26.5 Å². The van der Waals surface area contributed by atoms with Crippen LogP contribution in [0.5, 0.6) is 0 Å². The molecular formula is C6H6N2O4S3. The number of hydrogen-bond donors (Lipinski definition) is 1. The summed E-state index contributed by atoms with van der Waals surface area (Å²) in [5.74, 6) is 0. The first kappa shape index (κ1) is 10.7. The van der Waals surface area contributed by atoms with Crippen LogP contribution in [0, 0.1) is 0 Å². The fraction of sp³-hybridized carbons (Fsp3) is 0.167. The molecule has 6 nitrogen and oxygen atoms in total. The Hall–Kier alpha value is -0.770. The van der Waals surface area contributed by atoms with Gasteiger partial charge in [-0.2, -0.15) is 12.8 Å². The van der Waals surface area contributed by atoms with Gasteiger partial charge in [0.2, 0.25) is 10.0 Å². The summed E-state index contributed by atoms with van der Waals surface area (Å²) in [6.45, 7) is 0. The molecule has 9 heteroatoms. The molecule has 2 N–H and O–H groups in total. The van der Waals surface area contributed by atoms with E-state index < -0.39 is 20.0 Å². The van der Waals surface area contributed by atoms with Crippen molar-refractivity contribution in [3.8, 4) is 0 Å². The maximum absolute atomic E-state index is 11.4. The number of primary sulfonamides is 1. The summed E-state index contributed by atoms with van der Waals surface area (Å²) in [6.07, 6.45) is 1.54. The second-order valence-electron chi connectivity index (χ2n) is 2.89. The van der Waals surface area contributed by atoms with Crippen molar-refractivity contribution in [3.63, 3.8) is 0 Å². The maximum atomic E-state index is 11.4. The van der Waals surface area contributed by atoms with Gasteiger partial charge in [-0.25, -0.2) is 13.6 Å². The fourth-order valence-electron chi connectivity index (χ4n) is 1.17. The Morgan fingerprint density at radius 1 is 1.47 bits per heavy atom. The van der Waals surface area contributed by atoms with Crippen molar-refractivity contribution in [3.05, 3.63) is 11.6 Å². The number of nitrogens with two attached hydrogens (primary N) is 1. The Morgan fingerprint density at radius 2 is 2.13 bits per heavy atom. The molecule has 1 aliphatic heterocycles. The predicted octanol–water partition coefficient (Wildman–Crippen LogP) is -0.289. The Morgan fingerprint density at radius 3 is 2.67 bits per heavy atom. The fourth-order valence-corrected chi connectivity index (χ4v) is 4.67. The van der Waals surface area contributed by atoms with Crippen molar-refractivity contribution in [1.82, 2.24) is 0 Å². The number of thiophene rings is 1. The standard InChI is InChI=1S/C6H6N2O4S3/c7-14(9,10)5-3-4-1-2-8-15(11,12)6(4)13-5/h2-3H,1H2,(H2,7,9,10). The van der Waals surface area contributed by atoms with E-state index in [9.17, 15) is 16.8 Å². The van der Waals surface area contributed by atoms with Crippen molar-refractivity contribution >= 4 is 37.6 Å². The van der Waals surface area contributed by atoms with E-state index in [0.29, 0.717) is 23.3 Å². The first-order chi connectivity index (χ1) is 6.81. The Kier molecular flexibility index (Phi) is 2.23. The minimum atomic E-state index is -3.85. The highest BCUT2D eigenvalue weighted by molar-refractivity contribution is 7.94. The molecule has 0 amide bonds. The molecule has 0 unspecified atom stereocenters. The summed E-state index contributed by atoms with van der Waals surface area (Å²) in [5, 5.41) is 4.90. The van der Waals surface area contributed by atoms with Crippen molar-refractivity contribution in [2.75, 3.05) is 0 Å². The van der Waals surface area contributed by atoms with Gasteiger partial charge in [0, 0.05) is 12.6 Å². The van der Waals surface area contributed by atoms with Crippen molar-refractivity contribution in [2.45, 2.75) is 14.8 Å². The highest BCUT2D eigenvalue weighted by Crippen LogP contribution is 2.32. The molecule has 0 bridgehead atoms. The molecule has 0 saturated carbocycles. The van der Waals surface area contributed by atoms with Crippen molar-refractivity contribution in [1.29, 1.82) is 0 Å². The van der Waals surface area contributed by atoms with Crippen LogP contribution in [-0.4, -0.2) is 23.1 Å². The third-order valence-corrected chi connectivity index (χ3v) is 6.22. The lowest BCUT2D eigenvalue weighted by Crippen LogP contribution is -2.09. The predicted molar refractivity (Wildman–Crippen MR) is 55.1 cm³/mol. The molecule has 0 saturated heterocycles. The monoisotopic (exact) mass is 266 g/mol. The quantitative estimate of drug-likeness (QED) is 0.753. The number of rotatable bonds is 1. The van der Waals surface area contributed by atoms with Gasteiger partial charge in [-0.3, -0.25) is 0 Å². The average Bonchev–Trinajstić information content (AvgIpc) is 2.47. The van der Waals surface area contributed by atoms with Gasteiger partial charge in [0.05, 0.1) is 0 Å². The number of hydrogen-bond acceptors (Lipinski definition) is 5. The van der Waals surface area contributed by atoms with Crippen LogP contribution in [0.2, 0.25) is 0 Å². The van der Waals surface area contributed by atoms with Gasteiger partial charge < -0.3 is 0 Å². The Balaban J connectivity index is 2.71. The molecular weight excluding hydrogens is 260 g/mol. The zero-order chi connectivity index (χ0) is 11.3. The first-order valence-electron chi connectivity index (χ1n) is 3.75. The first-order valence-corrected chi connectivity index (χ1v) is 7.55. The normalized spacial score (nSPS) is 18.7. The minimum Gasteiger partial charge on any atom is -0.224 e. The highest BCUT2D eigenvalue weighted by atomic mass is 32.3. The lowest BCUT2D eigenvalue weighted by Gasteiger charge is -2.02. The van der Waals surface area contributed by atoms with Crippen molar-refractivity contribution in [2.24, 2.45) is 9.54 Å². The smallest absolute Gasteiger partial charge is 0.224 e. The third kappa shape index (κ3) is 1.83. The molecule has 0 aliphatic carbocycles. The van der Waals surface area contributed by atoms with E-state index >= 15 is 0 Å². The van der Waals surface area contributed by atoms with E-state index in [2.05, 4.69) is 4.40 Å². The average molecular weight is 266 g/mol. The summed E-state index contributed by atoms with van der Waals surface area (Å²) < 4.78 is 47.9. The maximum Gasteiger partial charge on any atom is 0.291 e. The topological polar surface area (TPSA) is 107 Å². The summed E-state index contributed by atoms with van der Waals surface area (Å²) in [5.41, 5.74) is 0.430. The molecule has 82 valence electrons. The van der Waals surface area contributed by atoms with Gasteiger partial charge in [0.25, 0.3) is 10.0 Å². The SMILES string of the molecule is NS(=O)(=O)c1cc2c(s1)S(=O)(=O)N=CC2. The van der Waals surface area contributed by atoms with E-state index in [4.69, 9.17) is 5.14 Å². The zero-order valence-corrected chi connectivity index (χ0v) is 9.69. The van der Waals surface area contributed by atoms with E-state index in [1.54, 1.807) is 0 Å². The molecule has 1 aromatic rings. The van der Waals surface area contributed by atoms with Crippen LogP contribution >= 0.6 is 11.3 Å². The molecule has 1 aliphatic rings. The van der Waals surface area contributed by atoms with Crippen LogP contribution in [0.25, 0.3) is 0 Å². The highest BCUT2D eigenvalue weighted by Gasteiger charge is 2.26. The van der Waals surface area contributed by atoms with Gasteiger partial charge in [-0.15, -0.1) is 11.3 Å². The van der Waals surface area contributed by atoms with Crippen molar-refractivity contribution < 1.29 is 16.8 Å². The van der Waals surface area contributed by atoms with Crippen LogP contribution in [0.4, 0.5) is 0 Å². The largest absolute Gasteiger partial charge is 0.291 e. The van der Waals surface area contributed by atoms with Crippen LogP contribution in [0.3, 0.4) is 0 Å². The summed E-state index contributed by atoms with van der Waals surface area (Å²) in [4.78, 5) is 0. The van der Waals surface area contributed by atoms with Gasteiger partial charge in [-0.05, 0) is 11.6 Å². The molecule has 0 spiro atoms. The van der Waals surface area contributed by atoms with E-state index in [0.717, 1.165) is 0 Å². The summed E-state index contributed by atoms with van der Waals surface area (Å²) in [6, 6.07) is 1.28.